The normalized spacial score (nSPS) is 11.9. The second-order valence-corrected chi connectivity index (χ2v) is 6.46. The molecule has 0 radical (unpaired) electrons. The number of ether oxygens (including phenoxy) is 1. The fraction of sp³-hybridized carbons (Fsp3) is 0.294. The highest BCUT2D eigenvalue weighted by molar-refractivity contribution is 7.98. The fourth-order valence-electron chi connectivity index (χ4n) is 2.08. The van der Waals surface area contributed by atoms with Crippen LogP contribution in [0.25, 0.3) is 0 Å². The van der Waals surface area contributed by atoms with E-state index >= 15 is 0 Å². The molecule has 2 aromatic rings. The van der Waals surface area contributed by atoms with Gasteiger partial charge in [0.2, 0.25) is 0 Å². The van der Waals surface area contributed by atoms with E-state index in [4.69, 9.17) is 9.84 Å². The fourth-order valence-corrected chi connectivity index (χ4v) is 2.51. The first-order valence-electron chi connectivity index (χ1n) is 7.89. The highest BCUT2D eigenvalue weighted by Gasteiger charge is 2.17. The molecule has 1 heterocycles. The Bertz CT molecular complexity index is 874. The van der Waals surface area contributed by atoms with Crippen molar-refractivity contribution < 1.29 is 23.4 Å². The van der Waals surface area contributed by atoms with Crippen LogP contribution in [-0.4, -0.2) is 41.7 Å². The maximum Gasteiger partial charge on any atom is 0.285 e. The summed E-state index contributed by atoms with van der Waals surface area (Å²) in [4.78, 5) is 26.7. The SMILES string of the molecule is CSc1ccc(Nc2[nH]c(=O)c(F)cc2C(=O)NCOCC(C)O)c(F)c1. The van der Waals surface area contributed by atoms with Gasteiger partial charge in [0, 0.05) is 4.90 Å². The number of anilines is 2. The molecule has 0 aliphatic heterocycles. The third-order valence-corrected chi connectivity index (χ3v) is 4.10. The highest BCUT2D eigenvalue weighted by Crippen LogP contribution is 2.25. The van der Waals surface area contributed by atoms with Crippen molar-refractivity contribution in [2.24, 2.45) is 0 Å². The number of carbonyl (C=O) groups is 1. The minimum atomic E-state index is -1.16. The van der Waals surface area contributed by atoms with Crippen LogP contribution < -0.4 is 16.2 Å². The molecule has 0 bridgehead atoms. The zero-order valence-corrected chi connectivity index (χ0v) is 15.5. The Hall–Kier alpha value is -2.43. The van der Waals surface area contributed by atoms with Gasteiger partial charge in [-0.2, -0.15) is 0 Å². The number of aliphatic hydroxyl groups is 1. The van der Waals surface area contributed by atoms with E-state index in [0.717, 1.165) is 6.07 Å². The topological polar surface area (TPSA) is 103 Å². The lowest BCUT2D eigenvalue weighted by molar-refractivity contribution is 0.0356. The van der Waals surface area contributed by atoms with E-state index < -0.39 is 29.2 Å². The zero-order chi connectivity index (χ0) is 20.0. The van der Waals surface area contributed by atoms with Crippen molar-refractivity contribution in [1.82, 2.24) is 10.3 Å². The summed E-state index contributed by atoms with van der Waals surface area (Å²) in [5.74, 6) is -2.67. The molecule has 7 nitrogen and oxygen atoms in total. The Kier molecular flexibility index (Phi) is 7.34. The summed E-state index contributed by atoms with van der Waals surface area (Å²) in [5, 5.41) is 14.1. The molecular formula is C17H19F2N3O4S. The number of aliphatic hydroxyl groups excluding tert-OH is 1. The lowest BCUT2D eigenvalue weighted by Crippen LogP contribution is -2.30. The van der Waals surface area contributed by atoms with E-state index in [1.165, 1.54) is 30.8 Å². The first-order valence-corrected chi connectivity index (χ1v) is 9.11. The smallest absolute Gasteiger partial charge is 0.285 e. The molecule has 27 heavy (non-hydrogen) atoms. The van der Waals surface area contributed by atoms with Crippen LogP contribution in [0.4, 0.5) is 20.3 Å². The van der Waals surface area contributed by atoms with E-state index in [1.54, 1.807) is 12.3 Å². The molecule has 10 heteroatoms. The number of carbonyl (C=O) groups excluding carboxylic acids is 1. The van der Waals surface area contributed by atoms with Crippen molar-refractivity contribution >= 4 is 29.2 Å². The van der Waals surface area contributed by atoms with Crippen LogP contribution in [0.5, 0.6) is 0 Å². The van der Waals surface area contributed by atoms with Gasteiger partial charge in [0.25, 0.3) is 11.5 Å². The summed E-state index contributed by atoms with van der Waals surface area (Å²) < 4.78 is 32.8. The van der Waals surface area contributed by atoms with E-state index in [0.29, 0.717) is 4.90 Å². The third kappa shape index (κ3) is 5.78. The number of halogens is 2. The Morgan fingerprint density at radius 1 is 1.33 bits per heavy atom. The van der Waals surface area contributed by atoms with Gasteiger partial charge in [0.05, 0.1) is 24.0 Å². The molecule has 1 aromatic carbocycles. The maximum atomic E-state index is 14.2. The molecule has 0 aliphatic rings. The van der Waals surface area contributed by atoms with Crippen LogP contribution in [0.2, 0.25) is 0 Å². The Balaban J connectivity index is 2.24. The van der Waals surface area contributed by atoms with Gasteiger partial charge in [-0.05, 0) is 37.4 Å². The summed E-state index contributed by atoms with van der Waals surface area (Å²) in [7, 11) is 0. The number of amides is 1. The molecule has 1 unspecified atom stereocenters. The van der Waals surface area contributed by atoms with E-state index in [1.807, 2.05) is 0 Å². The third-order valence-electron chi connectivity index (χ3n) is 3.37. The number of aromatic nitrogens is 1. The van der Waals surface area contributed by atoms with Crippen LogP contribution in [-0.2, 0) is 4.74 Å². The average Bonchev–Trinajstić information content (AvgIpc) is 2.62. The quantitative estimate of drug-likeness (QED) is 0.308. The molecule has 1 atom stereocenters. The van der Waals surface area contributed by atoms with Crippen molar-refractivity contribution in [2.75, 3.05) is 24.9 Å². The minimum absolute atomic E-state index is 0.00162. The largest absolute Gasteiger partial charge is 0.391 e. The van der Waals surface area contributed by atoms with Crippen LogP contribution in [0.15, 0.2) is 34.0 Å². The van der Waals surface area contributed by atoms with Crippen LogP contribution in [0.3, 0.4) is 0 Å². The predicted octanol–water partition coefficient (Wildman–Crippen LogP) is 2.20. The second-order valence-electron chi connectivity index (χ2n) is 5.58. The van der Waals surface area contributed by atoms with Gasteiger partial charge in [-0.1, -0.05) is 0 Å². The summed E-state index contributed by atoms with van der Waals surface area (Å²) in [6.45, 7) is 1.27. The number of thioether (sulfide) groups is 1. The maximum absolute atomic E-state index is 14.2. The van der Waals surface area contributed by atoms with Crippen LogP contribution in [0.1, 0.15) is 17.3 Å². The predicted molar refractivity (Wildman–Crippen MR) is 98.5 cm³/mol. The molecule has 4 N–H and O–H groups in total. The second kappa shape index (κ2) is 9.49. The van der Waals surface area contributed by atoms with Crippen molar-refractivity contribution in [2.45, 2.75) is 17.9 Å². The van der Waals surface area contributed by atoms with Gasteiger partial charge in [-0.15, -0.1) is 11.8 Å². The van der Waals surface area contributed by atoms with Gasteiger partial charge < -0.3 is 25.5 Å². The van der Waals surface area contributed by atoms with Crippen molar-refractivity contribution in [3.8, 4) is 0 Å². The molecule has 0 spiro atoms. The number of nitrogens with one attached hydrogen (secondary N) is 3. The number of rotatable bonds is 8. The Labute approximate surface area is 158 Å². The average molecular weight is 399 g/mol. The number of H-pyrrole nitrogens is 1. The standard InChI is InChI=1S/C17H19F2N3O4S/c1-9(23)7-26-8-20-16(24)11-6-13(19)17(25)22-15(11)21-14-4-3-10(27-2)5-12(14)18/h3-6,9,23H,7-8H2,1-2H3,(H,20,24)(H2,21,22,25). The molecule has 0 saturated heterocycles. The van der Waals surface area contributed by atoms with E-state index in [9.17, 15) is 18.4 Å². The number of pyridine rings is 1. The van der Waals surface area contributed by atoms with Crippen molar-refractivity contribution in [3.05, 3.63) is 51.8 Å². The van der Waals surface area contributed by atoms with Crippen LogP contribution >= 0.6 is 11.8 Å². The first kappa shape index (κ1) is 20.9. The molecule has 0 fully saturated rings. The first-order chi connectivity index (χ1) is 12.8. The summed E-state index contributed by atoms with van der Waals surface area (Å²) in [5.41, 5.74) is -1.28. The lowest BCUT2D eigenvalue weighted by atomic mass is 10.2. The molecule has 146 valence electrons. The van der Waals surface area contributed by atoms with E-state index in [2.05, 4.69) is 15.6 Å². The van der Waals surface area contributed by atoms with Gasteiger partial charge in [0.1, 0.15) is 18.4 Å². The van der Waals surface area contributed by atoms with Crippen molar-refractivity contribution in [3.63, 3.8) is 0 Å². The summed E-state index contributed by atoms with van der Waals surface area (Å²) in [6.07, 6.45) is 1.08. The molecule has 1 aromatic heterocycles. The van der Waals surface area contributed by atoms with Gasteiger partial charge in [-0.3, -0.25) is 9.59 Å². The number of benzene rings is 1. The van der Waals surface area contributed by atoms with Crippen molar-refractivity contribution in [1.29, 1.82) is 0 Å². The van der Waals surface area contributed by atoms with Gasteiger partial charge >= 0.3 is 0 Å². The van der Waals surface area contributed by atoms with Crippen LogP contribution in [0, 0.1) is 11.6 Å². The van der Waals surface area contributed by atoms with Gasteiger partial charge in [-0.25, -0.2) is 8.78 Å². The molecule has 0 saturated carbocycles. The Morgan fingerprint density at radius 3 is 2.70 bits per heavy atom. The van der Waals surface area contributed by atoms with E-state index in [-0.39, 0.29) is 30.4 Å². The lowest BCUT2D eigenvalue weighted by Gasteiger charge is -2.13. The molecule has 0 aliphatic carbocycles. The monoisotopic (exact) mass is 399 g/mol. The summed E-state index contributed by atoms with van der Waals surface area (Å²) in [6, 6.07) is 5.13. The Morgan fingerprint density at radius 2 is 2.07 bits per heavy atom. The number of hydrogen-bond donors (Lipinski definition) is 4. The molecule has 2 rings (SSSR count). The number of hydrogen-bond acceptors (Lipinski definition) is 6. The molecule has 1 amide bonds. The highest BCUT2D eigenvalue weighted by atomic mass is 32.2. The van der Waals surface area contributed by atoms with Gasteiger partial charge in [0.15, 0.2) is 5.82 Å². The number of aromatic amines is 1. The molecular weight excluding hydrogens is 380 g/mol. The summed E-state index contributed by atoms with van der Waals surface area (Å²) >= 11 is 1.35. The minimum Gasteiger partial charge on any atom is -0.391 e. The zero-order valence-electron chi connectivity index (χ0n) is 14.6.